The second-order valence-corrected chi connectivity index (χ2v) is 5.80. The fraction of sp³-hybridized carbons (Fsp3) is 0.143. The van der Waals surface area contributed by atoms with Crippen molar-refractivity contribution in [2.24, 2.45) is 0 Å². The molecule has 0 bridgehead atoms. The lowest BCUT2D eigenvalue weighted by Crippen LogP contribution is -2.06. The SMILES string of the molecule is O=C(CSc1ncc(C(F)(F)F)cc1Cl)c1ccc(O)c(O)c1. The average molecular weight is 364 g/mol. The molecule has 9 heteroatoms. The molecule has 0 aliphatic heterocycles. The number of rotatable bonds is 4. The number of hydrogen-bond donors (Lipinski definition) is 2. The molecule has 0 fully saturated rings. The zero-order valence-electron chi connectivity index (χ0n) is 11.3. The fourth-order valence-corrected chi connectivity index (χ4v) is 2.69. The number of hydrogen-bond acceptors (Lipinski definition) is 5. The summed E-state index contributed by atoms with van der Waals surface area (Å²) in [6, 6.07) is 4.32. The molecular formula is C14H9ClF3NO3S. The quantitative estimate of drug-likeness (QED) is 0.485. The lowest BCUT2D eigenvalue weighted by molar-refractivity contribution is -0.137. The van der Waals surface area contributed by atoms with Gasteiger partial charge in [-0.05, 0) is 24.3 Å². The molecule has 0 saturated carbocycles. The Kier molecular flexibility index (Phi) is 5.06. The summed E-state index contributed by atoms with van der Waals surface area (Å²) < 4.78 is 37.5. The van der Waals surface area contributed by atoms with Crippen molar-refractivity contribution in [2.75, 3.05) is 5.75 Å². The van der Waals surface area contributed by atoms with Crippen LogP contribution in [0.2, 0.25) is 5.02 Å². The number of alkyl halides is 3. The molecule has 1 heterocycles. The van der Waals surface area contributed by atoms with Gasteiger partial charge in [0.1, 0.15) is 5.03 Å². The number of ketones is 1. The van der Waals surface area contributed by atoms with Gasteiger partial charge in [0.2, 0.25) is 0 Å². The Morgan fingerprint density at radius 3 is 2.48 bits per heavy atom. The Hall–Kier alpha value is -1.93. The molecular weight excluding hydrogens is 355 g/mol. The highest BCUT2D eigenvalue weighted by atomic mass is 35.5. The maximum absolute atomic E-state index is 12.5. The lowest BCUT2D eigenvalue weighted by atomic mass is 10.1. The molecule has 122 valence electrons. The molecule has 0 unspecified atom stereocenters. The van der Waals surface area contributed by atoms with E-state index in [2.05, 4.69) is 4.98 Å². The molecule has 0 aliphatic rings. The van der Waals surface area contributed by atoms with Crippen LogP contribution in [0, 0.1) is 0 Å². The van der Waals surface area contributed by atoms with Gasteiger partial charge >= 0.3 is 6.18 Å². The summed E-state index contributed by atoms with van der Waals surface area (Å²) in [6.45, 7) is 0. The van der Waals surface area contributed by atoms with Gasteiger partial charge in [0.15, 0.2) is 17.3 Å². The number of aromatic nitrogens is 1. The molecule has 0 amide bonds. The summed E-state index contributed by atoms with van der Waals surface area (Å²) in [7, 11) is 0. The van der Waals surface area contributed by atoms with Crippen molar-refractivity contribution in [3.05, 3.63) is 46.6 Å². The van der Waals surface area contributed by atoms with Gasteiger partial charge in [0.25, 0.3) is 0 Å². The van der Waals surface area contributed by atoms with Crippen molar-refractivity contribution in [2.45, 2.75) is 11.2 Å². The summed E-state index contributed by atoms with van der Waals surface area (Å²) in [4.78, 5) is 15.6. The Bertz CT molecular complexity index is 753. The lowest BCUT2D eigenvalue weighted by Gasteiger charge is -2.08. The number of nitrogens with zero attached hydrogens (tertiary/aromatic N) is 1. The van der Waals surface area contributed by atoms with E-state index in [1.54, 1.807) is 0 Å². The smallest absolute Gasteiger partial charge is 0.417 e. The van der Waals surface area contributed by atoms with Crippen molar-refractivity contribution >= 4 is 29.1 Å². The molecule has 4 nitrogen and oxygen atoms in total. The second-order valence-electron chi connectivity index (χ2n) is 4.42. The van der Waals surface area contributed by atoms with Crippen molar-refractivity contribution in [1.82, 2.24) is 4.98 Å². The minimum Gasteiger partial charge on any atom is -0.504 e. The minimum atomic E-state index is -4.54. The molecule has 0 aliphatic carbocycles. The zero-order valence-corrected chi connectivity index (χ0v) is 12.8. The van der Waals surface area contributed by atoms with Gasteiger partial charge in [-0.2, -0.15) is 13.2 Å². The van der Waals surface area contributed by atoms with E-state index in [9.17, 15) is 28.2 Å². The highest BCUT2D eigenvalue weighted by Crippen LogP contribution is 2.34. The van der Waals surface area contributed by atoms with Crippen LogP contribution >= 0.6 is 23.4 Å². The predicted octanol–water partition coefficient (Wildman–Crippen LogP) is 4.14. The molecule has 0 saturated heterocycles. The number of carbonyl (C=O) groups excluding carboxylic acids is 1. The van der Waals surface area contributed by atoms with Crippen molar-refractivity contribution in [3.8, 4) is 11.5 Å². The number of carbonyl (C=O) groups is 1. The Balaban J connectivity index is 2.08. The standard InChI is InChI=1S/C14H9ClF3NO3S/c15-9-4-8(14(16,17)18)5-19-13(9)23-6-12(22)7-1-2-10(20)11(21)3-7/h1-5,20-21H,6H2. The van der Waals surface area contributed by atoms with Gasteiger partial charge in [0, 0.05) is 11.8 Å². The maximum atomic E-state index is 12.5. The third kappa shape index (κ3) is 4.29. The van der Waals surface area contributed by atoms with Crippen LogP contribution in [-0.2, 0) is 6.18 Å². The van der Waals surface area contributed by atoms with Gasteiger partial charge < -0.3 is 10.2 Å². The highest BCUT2D eigenvalue weighted by Gasteiger charge is 2.31. The number of aromatic hydroxyl groups is 2. The Morgan fingerprint density at radius 1 is 1.22 bits per heavy atom. The van der Waals surface area contributed by atoms with E-state index >= 15 is 0 Å². The molecule has 1 aromatic carbocycles. The summed E-state index contributed by atoms with van der Waals surface area (Å²) in [5, 5.41) is 18.4. The van der Waals surface area contributed by atoms with Gasteiger partial charge in [-0.1, -0.05) is 23.4 Å². The monoisotopic (exact) mass is 363 g/mol. The molecule has 0 radical (unpaired) electrons. The predicted molar refractivity (Wildman–Crippen MR) is 79.1 cm³/mol. The van der Waals surface area contributed by atoms with Crippen molar-refractivity contribution in [1.29, 1.82) is 0 Å². The molecule has 0 atom stereocenters. The third-order valence-corrected chi connectivity index (χ3v) is 4.18. The first kappa shape index (κ1) is 17.4. The van der Waals surface area contributed by atoms with Crippen LogP contribution in [-0.4, -0.2) is 26.7 Å². The van der Waals surface area contributed by atoms with E-state index in [0.717, 1.165) is 30.0 Å². The molecule has 2 aromatic rings. The summed E-state index contributed by atoms with van der Waals surface area (Å²) in [6.07, 6.45) is -3.90. The number of phenols is 2. The fourth-order valence-electron chi connectivity index (χ4n) is 1.60. The maximum Gasteiger partial charge on any atom is 0.417 e. The first-order valence-electron chi connectivity index (χ1n) is 6.09. The van der Waals surface area contributed by atoms with Gasteiger partial charge in [-0.15, -0.1) is 0 Å². The topological polar surface area (TPSA) is 70.4 Å². The van der Waals surface area contributed by atoms with Crippen LogP contribution in [0.5, 0.6) is 11.5 Å². The molecule has 2 N–H and O–H groups in total. The number of phenolic OH excluding ortho intramolecular Hbond substituents is 2. The number of benzene rings is 1. The van der Waals surface area contributed by atoms with E-state index in [1.807, 2.05) is 0 Å². The van der Waals surface area contributed by atoms with Crippen molar-refractivity contribution in [3.63, 3.8) is 0 Å². The van der Waals surface area contributed by atoms with E-state index in [0.29, 0.717) is 6.20 Å². The number of Topliss-reactive ketones (excluding diaryl/α,β-unsaturated/α-hetero) is 1. The van der Waals surface area contributed by atoms with E-state index in [1.165, 1.54) is 6.07 Å². The first-order valence-corrected chi connectivity index (χ1v) is 7.45. The number of pyridine rings is 1. The van der Waals surface area contributed by atoms with Crippen LogP contribution in [0.15, 0.2) is 35.5 Å². The average Bonchev–Trinajstić information content (AvgIpc) is 2.47. The minimum absolute atomic E-state index is 0.0935. The van der Waals surface area contributed by atoms with Crippen LogP contribution in [0.1, 0.15) is 15.9 Å². The largest absolute Gasteiger partial charge is 0.504 e. The van der Waals surface area contributed by atoms with Gasteiger partial charge in [-0.25, -0.2) is 4.98 Å². The normalized spacial score (nSPS) is 11.5. The summed E-state index contributed by atoms with van der Waals surface area (Å²) in [5.41, 5.74) is -0.822. The van der Waals surface area contributed by atoms with E-state index < -0.39 is 23.3 Å². The van der Waals surface area contributed by atoms with Crippen LogP contribution in [0.4, 0.5) is 13.2 Å². The number of thioether (sulfide) groups is 1. The summed E-state index contributed by atoms with van der Waals surface area (Å²) in [5.74, 6) is -1.33. The molecule has 1 aromatic heterocycles. The molecule has 0 spiro atoms. The van der Waals surface area contributed by atoms with E-state index in [-0.39, 0.29) is 27.1 Å². The third-order valence-electron chi connectivity index (χ3n) is 2.77. The Labute approximate surface area is 137 Å². The molecule has 2 rings (SSSR count). The van der Waals surface area contributed by atoms with Gasteiger partial charge in [-0.3, -0.25) is 4.79 Å². The van der Waals surface area contributed by atoms with E-state index in [4.69, 9.17) is 11.6 Å². The second kappa shape index (κ2) is 6.67. The molecule has 23 heavy (non-hydrogen) atoms. The van der Waals surface area contributed by atoms with Crippen LogP contribution in [0.3, 0.4) is 0 Å². The number of halogens is 4. The van der Waals surface area contributed by atoms with Crippen LogP contribution < -0.4 is 0 Å². The van der Waals surface area contributed by atoms with Gasteiger partial charge in [0.05, 0.1) is 16.3 Å². The first-order chi connectivity index (χ1) is 10.7. The van der Waals surface area contributed by atoms with Crippen molar-refractivity contribution < 1.29 is 28.2 Å². The van der Waals surface area contributed by atoms with Crippen LogP contribution in [0.25, 0.3) is 0 Å². The Morgan fingerprint density at radius 2 is 1.91 bits per heavy atom. The summed E-state index contributed by atoms with van der Waals surface area (Å²) >= 11 is 6.62. The highest BCUT2D eigenvalue weighted by molar-refractivity contribution is 8.00. The zero-order chi connectivity index (χ0) is 17.2.